The van der Waals surface area contributed by atoms with Crippen molar-refractivity contribution in [3.63, 3.8) is 0 Å². The van der Waals surface area contributed by atoms with E-state index in [9.17, 15) is 30.6 Å². The summed E-state index contributed by atoms with van der Waals surface area (Å²) in [6, 6.07) is 0. The molecular formula is C48H84O30. The number of aliphatic hydroxyl groups excluding tert-OH is 6. The van der Waals surface area contributed by atoms with Gasteiger partial charge in [-0.05, 0) is 0 Å². The maximum atomic E-state index is 12.2. The molecule has 78 heavy (non-hydrogen) atoms. The minimum absolute atomic E-state index is 0.191. The van der Waals surface area contributed by atoms with Gasteiger partial charge in [-0.25, -0.2) is 0 Å². The van der Waals surface area contributed by atoms with E-state index in [0.29, 0.717) is 0 Å². The van der Waals surface area contributed by atoms with E-state index < -0.39 is 184 Å². The van der Waals surface area contributed by atoms with E-state index in [0.717, 1.165) is 0 Å². The Hall–Kier alpha value is -1.20. The molecule has 30 unspecified atom stereocenters. The van der Waals surface area contributed by atoms with Crippen LogP contribution in [0.25, 0.3) is 0 Å². The average Bonchev–Trinajstić information content (AvgIpc) is 3.51. The van der Waals surface area contributed by atoms with Crippen molar-refractivity contribution in [2.24, 2.45) is 0 Å². The summed E-state index contributed by atoms with van der Waals surface area (Å²) in [4.78, 5) is 0. The quantitative estimate of drug-likeness (QED) is 0.0747. The van der Waals surface area contributed by atoms with Crippen molar-refractivity contribution < 1.29 is 144 Å². The van der Waals surface area contributed by atoms with E-state index in [-0.39, 0.29) is 39.6 Å². The fourth-order valence-corrected chi connectivity index (χ4v) is 11.3. The lowest BCUT2D eigenvalue weighted by molar-refractivity contribution is -0.407. The molecule has 30 heteroatoms. The lowest BCUT2D eigenvalue weighted by Crippen LogP contribution is -2.69. The van der Waals surface area contributed by atoms with Crippen LogP contribution in [0, 0.1) is 0 Å². The number of rotatable bonds is 18. The molecule has 22 heterocycles. The zero-order valence-corrected chi connectivity index (χ0v) is 46.0. The van der Waals surface area contributed by atoms with E-state index >= 15 is 0 Å². The van der Waals surface area contributed by atoms with Gasteiger partial charge in [-0.1, -0.05) is 0 Å². The van der Waals surface area contributed by atoms with Gasteiger partial charge in [0.25, 0.3) is 0 Å². The number of hydrogen-bond donors (Lipinski definition) is 6. The second-order valence-corrected chi connectivity index (χ2v) is 19.7. The molecule has 22 aliphatic heterocycles. The van der Waals surface area contributed by atoms with Crippen LogP contribution < -0.4 is 0 Å². The van der Waals surface area contributed by atoms with Gasteiger partial charge < -0.3 is 144 Å². The first-order valence-electron chi connectivity index (χ1n) is 25.7. The molecule has 0 radical (unpaired) electrons. The van der Waals surface area contributed by atoms with Crippen molar-refractivity contribution in [2.45, 2.75) is 184 Å². The smallest absolute Gasteiger partial charge is 0.187 e. The molecule has 30 nitrogen and oxygen atoms in total. The fourth-order valence-electron chi connectivity index (χ4n) is 11.3. The molecule has 30 atom stereocenters. The van der Waals surface area contributed by atoms with Crippen LogP contribution in [0.2, 0.25) is 0 Å². The second kappa shape index (κ2) is 30.0. The van der Waals surface area contributed by atoms with Gasteiger partial charge in [-0.3, -0.25) is 0 Å². The molecule has 456 valence electrons. The second-order valence-electron chi connectivity index (χ2n) is 19.7. The van der Waals surface area contributed by atoms with E-state index in [1.807, 2.05) is 0 Å². The summed E-state index contributed by atoms with van der Waals surface area (Å²) in [7, 11) is 16.2. The summed E-state index contributed by atoms with van der Waals surface area (Å²) in [6.45, 7) is -1.14. The summed E-state index contributed by atoms with van der Waals surface area (Å²) in [5.74, 6) is 0. The topological polar surface area (TPSA) is 343 Å². The van der Waals surface area contributed by atoms with Crippen LogP contribution in [-0.4, -0.2) is 340 Å². The highest BCUT2D eigenvalue weighted by molar-refractivity contribution is 5.02. The predicted octanol–water partition coefficient (Wildman–Crippen LogP) is -5.21. The van der Waals surface area contributed by atoms with Crippen LogP contribution in [0.3, 0.4) is 0 Å². The number of ether oxygens (including phenoxy) is 24. The van der Waals surface area contributed by atoms with Crippen LogP contribution in [0.15, 0.2) is 0 Å². The minimum Gasteiger partial charge on any atom is -0.387 e. The first kappa shape index (κ1) is 64.4. The zero-order valence-electron chi connectivity index (χ0n) is 46.0. The van der Waals surface area contributed by atoms with E-state index in [2.05, 4.69) is 0 Å². The van der Waals surface area contributed by atoms with Crippen LogP contribution in [0.4, 0.5) is 0 Å². The van der Waals surface area contributed by atoms with Crippen molar-refractivity contribution in [3.05, 3.63) is 0 Å². The van der Waals surface area contributed by atoms with Crippen LogP contribution >= 0.6 is 0 Å². The van der Waals surface area contributed by atoms with E-state index in [4.69, 9.17) is 114 Å². The zero-order chi connectivity index (χ0) is 56.5. The molecule has 0 aliphatic carbocycles. The predicted molar refractivity (Wildman–Crippen MR) is 253 cm³/mol. The molecule has 22 saturated heterocycles. The lowest BCUT2D eigenvalue weighted by Gasteiger charge is -2.52. The number of hydrogen-bond acceptors (Lipinski definition) is 30. The SMILES string of the molecule is COCC1OC2OC3C(COC)OC(OC4C(COC)OC(OC5C(COC)OC(OC6C(COC)OC(OC7C(COC)OC(OC1C(O)C2OC)C(OC)C7O)C(OC)C6O)C(OC)C5O)C(OC)C4O)C(OC)C3O. The first-order chi connectivity index (χ1) is 37.6. The van der Waals surface area contributed by atoms with Gasteiger partial charge >= 0.3 is 0 Å². The molecular weight excluding hydrogens is 1060 g/mol. The molecule has 0 aromatic heterocycles. The van der Waals surface area contributed by atoms with Gasteiger partial charge in [0.2, 0.25) is 0 Å². The summed E-state index contributed by atoms with van der Waals surface area (Å²) in [5, 5.41) is 73.1. The number of aliphatic hydroxyl groups is 6. The molecule has 0 aromatic rings. The maximum Gasteiger partial charge on any atom is 0.187 e. The van der Waals surface area contributed by atoms with E-state index in [1.54, 1.807) is 0 Å². The fraction of sp³-hybridized carbons (Fsp3) is 1.00. The Labute approximate surface area is 452 Å². The maximum absolute atomic E-state index is 12.2. The van der Waals surface area contributed by atoms with Crippen molar-refractivity contribution >= 4 is 0 Å². The molecule has 22 fully saturated rings. The van der Waals surface area contributed by atoms with Crippen molar-refractivity contribution in [3.8, 4) is 0 Å². The van der Waals surface area contributed by atoms with Crippen LogP contribution in [0.1, 0.15) is 0 Å². The van der Waals surface area contributed by atoms with E-state index in [1.165, 1.54) is 85.3 Å². The molecule has 0 amide bonds. The summed E-state index contributed by atoms with van der Waals surface area (Å²) >= 11 is 0. The molecule has 22 aliphatic rings. The van der Waals surface area contributed by atoms with Gasteiger partial charge in [-0.15, -0.1) is 0 Å². The number of methoxy groups -OCH3 is 12. The average molecular weight is 1140 g/mol. The molecule has 12 bridgehead atoms. The third kappa shape index (κ3) is 13.6. The Morgan fingerprint density at radius 1 is 0.218 bits per heavy atom. The largest absolute Gasteiger partial charge is 0.387 e. The molecule has 6 N–H and O–H groups in total. The van der Waals surface area contributed by atoms with Gasteiger partial charge in [-0.2, -0.15) is 0 Å². The Morgan fingerprint density at radius 3 is 0.449 bits per heavy atom. The van der Waals surface area contributed by atoms with Gasteiger partial charge in [0.1, 0.15) is 146 Å². The van der Waals surface area contributed by atoms with Crippen LogP contribution in [-0.2, 0) is 114 Å². The first-order valence-corrected chi connectivity index (χ1v) is 25.7. The Kier molecular flexibility index (Phi) is 24.8. The van der Waals surface area contributed by atoms with Crippen LogP contribution in [0.5, 0.6) is 0 Å². The van der Waals surface area contributed by atoms with Gasteiger partial charge in [0.05, 0.1) is 39.6 Å². The summed E-state index contributed by atoms with van der Waals surface area (Å²) in [6.07, 6.45) is -41.0. The van der Waals surface area contributed by atoms with Gasteiger partial charge in [0, 0.05) is 85.3 Å². The lowest BCUT2D eigenvalue weighted by atomic mass is 9.94. The standard InChI is InChI=1S/C48H84O30/c1-55-13-19-31-25(49)37(61-7)43(67-19)74-32-20(14-56-2)69-45(39(63-9)26(32)50)76-34-22(16-58-4)71-47(41(65-11)28(34)52)78-36-24(18-60-6)72-48(42(66-12)30(36)54)77-35-23(17-59-5)70-46(40(64-10)29(35)53)75-33-21(15-57-3)68-44(73-31)38(62-8)27(33)51/h19-54H,13-18H2,1-12H3. The highest BCUT2D eigenvalue weighted by atomic mass is 16.8. The normalized spacial score (nSPS) is 48.7. The minimum atomic E-state index is -1.58. The molecule has 0 saturated carbocycles. The van der Waals surface area contributed by atoms with Gasteiger partial charge in [0.15, 0.2) is 37.7 Å². The Morgan fingerprint density at radius 2 is 0.346 bits per heavy atom. The third-order valence-corrected chi connectivity index (χ3v) is 15.1. The molecule has 0 spiro atoms. The highest BCUT2D eigenvalue weighted by Gasteiger charge is 2.60. The summed E-state index contributed by atoms with van der Waals surface area (Å²) in [5.41, 5.74) is 0. The van der Waals surface area contributed by atoms with Crippen molar-refractivity contribution in [1.82, 2.24) is 0 Å². The van der Waals surface area contributed by atoms with Crippen molar-refractivity contribution in [2.75, 3.05) is 125 Å². The summed E-state index contributed by atoms with van der Waals surface area (Å²) < 4.78 is 146. The Bertz CT molecular complexity index is 1410. The molecule has 0 aromatic carbocycles. The molecule has 22 rings (SSSR count). The Balaban J connectivity index is 1.29. The highest BCUT2D eigenvalue weighted by Crippen LogP contribution is 2.40. The third-order valence-electron chi connectivity index (χ3n) is 15.1. The monoisotopic (exact) mass is 1140 g/mol. The van der Waals surface area contributed by atoms with Crippen molar-refractivity contribution in [1.29, 1.82) is 0 Å².